The van der Waals surface area contributed by atoms with E-state index in [1.165, 1.54) is 16.0 Å². The standard InChI is InChI=1S/C13H12OS/c1-9-7-13(15-8-9)12-5-3-11(4-6-12)10(2)14/h3-8H,1-2H3. The molecule has 0 radical (unpaired) electrons. The van der Waals surface area contributed by atoms with Crippen LogP contribution in [0.1, 0.15) is 22.8 Å². The molecule has 0 amide bonds. The van der Waals surface area contributed by atoms with Gasteiger partial charge in [0.15, 0.2) is 5.78 Å². The minimum absolute atomic E-state index is 0.115. The van der Waals surface area contributed by atoms with Gasteiger partial charge in [-0.3, -0.25) is 4.79 Å². The van der Waals surface area contributed by atoms with E-state index in [0.717, 1.165) is 5.56 Å². The summed E-state index contributed by atoms with van der Waals surface area (Å²) in [5.41, 5.74) is 3.23. The highest BCUT2D eigenvalue weighted by Gasteiger charge is 2.02. The third-order valence-electron chi connectivity index (χ3n) is 2.31. The van der Waals surface area contributed by atoms with Gasteiger partial charge in [0.2, 0.25) is 0 Å². The lowest BCUT2D eigenvalue weighted by Gasteiger charge is -1.98. The average molecular weight is 216 g/mol. The molecule has 0 aliphatic carbocycles. The van der Waals surface area contributed by atoms with Crippen molar-refractivity contribution in [2.24, 2.45) is 0 Å². The average Bonchev–Trinajstić information content (AvgIpc) is 2.65. The lowest BCUT2D eigenvalue weighted by atomic mass is 10.1. The minimum atomic E-state index is 0.115. The fourth-order valence-electron chi connectivity index (χ4n) is 1.45. The first-order valence-electron chi connectivity index (χ1n) is 4.83. The normalized spacial score (nSPS) is 10.3. The third-order valence-corrected chi connectivity index (χ3v) is 3.40. The van der Waals surface area contributed by atoms with Crippen molar-refractivity contribution in [3.63, 3.8) is 0 Å². The quantitative estimate of drug-likeness (QED) is 0.695. The Morgan fingerprint density at radius 1 is 1.20 bits per heavy atom. The molecule has 0 N–H and O–H groups in total. The number of ketones is 1. The Balaban J connectivity index is 2.35. The molecule has 2 rings (SSSR count). The van der Waals surface area contributed by atoms with Gasteiger partial charge in [-0.1, -0.05) is 24.3 Å². The van der Waals surface area contributed by atoms with Crippen LogP contribution in [0.2, 0.25) is 0 Å². The fourth-order valence-corrected chi connectivity index (χ4v) is 2.36. The summed E-state index contributed by atoms with van der Waals surface area (Å²) in [6.45, 7) is 3.67. The summed E-state index contributed by atoms with van der Waals surface area (Å²) in [6.07, 6.45) is 0. The number of thiophene rings is 1. The van der Waals surface area contributed by atoms with Crippen LogP contribution in [0, 0.1) is 6.92 Å². The summed E-state index contributed by atoms with van der Waals surface area (Å²) in [5.74, 6) is 0.115. The van der Waals surface area contributed by atoms with Gasteiger partial charge in [0, 0.05) is 10.4 Å². The Bertz CT molecular complexity index is 479. The Hall–Kier alpha value is -1.41. The molecular weight excluding hydrogens is 204 g/mol. The number of rotatable bonds is 2. The van der Waals surface area contributed by atoms with Crippen LogP contribution in [0.25, 0.3) is 10.4 Å². The van der Waals surface area contributed by atoms with Crippen LogP contribution in [0.5, 0.6) is 0 Å². The van der Waals surface area contributed by atoms with Crippen LogP contribution >= 0.6 is 11.3 Å². The van der Waals surface area contributed by atoms with Gasteiger partial charge in [0.05, 0.1) is 0 Å². The second-order valence-electron chi connectivity index (χ2n) is 3.62. The van der Waals surface area contributed by atoms with Gasteiger partial charge in [-0.15, -0.1) is 11.3 Å². The molecule has 1 nitrogen and oxygen atoms in total. The molecule has 0 atom stereocenters. The van der Waals surface area contributed by atoms with E-state index in [-0.39, 0.29) is 5.78 Å². The van der Waals surface area contributed by atoms with Crippen LogP contribution in [0.15, 0.2) is 35.7 Å². The van der Waals surface area contributed by atoms with Crippen LogP contribution in [0.4, 0.5) is 0 Å². The molecular formula is C13H12OS. The molecule has 1 heterocycles. The van der Waals surface area contributed by atoms with Crippen molar-refractivity contribution >= 4 is 17.1 Å². The summed E-state index contributed by atoms with van der Waals surface area (Å²) in [5, 5.41) is 2.13. The molecule has 0 aliphatic rings. The monoisotopic (exact) mass is 216 g/mol. The van der Waals surface area contributed by atoms with Gasteiger partial charge in [-0.05, 0) is 36.4 Å². The number of benzene rings is 1. The van der Waals surface area contributed by atoms with Gasteiger partial charge in [-0.2, -0.15) is 0 Å². The largest absolute Gasteiger partial charge is 0.295 e. The highest BCUT2D eigenvalue weighted by atomic mass is 32.1. The maximum atomic E-state index is 11.1. The summed E-state index contributed by atoms with van der Waals surface area (Å²) in [6, 6.07) is 9.93. The molecule has 1 aromatic heterocycles. The second kappa shape index (κ2) is 3.99. The van der Waals surface area contributed by atoms with Gasteiger partial charge in [0.25, 0.3) is 0 Å². The van der Waals surface area contributed by atoms with Crippen molar-refractivity contribution in [2.75, 3.05) is 0 Å². The van der Waals surface area contributed by atoms with Crippen molar-refractivity contribution in [3.8, 4) is 10.4 Å². The highest BCUT2D eigenvalue weighted by molar-refractivity contribution is 7.13. The van der Waals surface area contributed by atoms with Gasteiger partial charge < -0.3 is 0 Å². The summed E-state index contributed by atoms with van der Waals surface area (Å²) in [7, 11) is 0. The first-order chi connectivity index (χ1) is 7.16. The van der Waals surface area contributed by atoms with Crippen molar-refractivity contribution < 1.29 is 4.79 Å². The van der Waals surface area contributed by atoms with E-state index >= 15 is 0 Å². The Morgan fingerprint density at radius 2 is 1.87 bits per heavy atom. The number of carbonyl (C=O) groups is 1. The van der Waals surface area contributed by atoms with E-state index in [1.807, 2.05) is 24.3 Å². The lowest BCUT2D eigenvalue weighted by molar-refractivity contribution is 0.101. The maximum absolute atomic E-state index is 11.1. The molecule has 15 heavy (non-hydrogen) atoms. The van der Waals surface area contributed by atoms with Crippen molar-refractivity contribution in [3.05, 3.63) is 46.8 Å². The molecule has 0 spiro atoms. The van der Waals surface area contributed by atoms with E-state index in [9.17, 15) is 4.79 Å². The van der Waals surface area contributed by atoms with Crippen molar-refractivity contribution in [2.45, 2.75) is 13.8 Å². The number of aryl methyl sites for hydroxylation is 1. The molecule has 2 aromatic rings. The lowest BCUT2D eigenvalue weighted by Crippen LogP contribution is -1.90. The first kappa shape index (κ1) is 10.1. The molecule has 0 unspecified atom stereocenters. The van der Waals surface area contributed by atoms with E-state index in [1.54, 1.807) is 18.3 Å². The molecule has 2 heteroatoms. The van der Waals surface area contributed by atoms with Crippen LogP contribution < -0.4 is 0 Å². The van der Waals surface area contributed by atoms with E-state index < -0.39 is 0 Å². The van der Waals surface area contributed by atoms with Crippen molar-refractivity contribution in [1.29, 1.82) is 0 Å². The van der Waals surface area contributed by atoms with Gasteiger partial charge >= 0.3 is 0 Å². The van der Waals surface area contributed by atoms with Crippen molar-refractivity contribution in [1.82, 2.24) is 0 Å². The van der Waals surface area contributed by atoms with Gasteiger partial charge in [0.1, 0.15) is 0 Å². The molecule has 76 valence electrons. The Labute approximate surface area is 93.4 Å². The molecule has 0 bridgehead atoms. The predicted molar refractivity (Wildman–Crippen MR) is 64.5 cm³/mol. The van der Waals surface area contributed by atoms with Crippen LogP contribution in [0.3, 0.4) is 0 Å². The molecule has 0 saturated carbocycles. The van der Waals surface area contributed by atoms with Gasteiger partial charge in [-0.25, -0.2) is 0 Å². The number of Topliss-reactive ketones (excluding diaryl/α,β-unsaturated/α-hetero) is 1. The van der Waals surface area contributed by atoms with E-state index in [2.05, 4.69) is 18.4 Å². The smallest absolute Gasteiger partial charge is 0.159 e. The van der Waals surface area contributed by atoms with Crippen LogP contribution in [-0.2, 0) is 0 Å². The van der Waals surface area contributed by atoms with Crippen LogP contribution in [-0.4, -0.2) is 5.78 Å². The number of hydrogen-bond acceptors (Lipinski definition) is 2. The maximum Gasteiger partial charge on any atom is 0.159 e. The molecule has 0 saturated heterocycles. The summed E-state index contributed by atoms with van der Waals surface area (Å²) >= 11 is 1.73. The Morgan fingerprint density at radius 3 is 2.33 bits per heavy atom. The molecule has 1 aromatic carbocycles. The second-order valence-corrected chi connectivity index (χ2v) is 4.53. The minimum Gasteiger partial charge on any atom is -0.295 e. The number of hydrogen-bond donors (Lipinski definition) is 0. The zero-order valence-corrected chi connectivity index (χ0v) is 9.60. The predicted octanol–water partition coefficient (Wildman–Crippen LogP) is 3.93. The topological polar surface area (TPSA) is 17.1 Å². The Kier molecular flexibility index (Phi) is 2.69. The molecule has 0 aliphatic heterocycles. The SMILES string of the molecule is CC(=O)c1ccc(-c2cc(C)cs2)cc1. The van der Waals surface area contributed by atoms with E-state index in [4.69, 9.17) is 0 Å². The number of carbonyl (C=O) groups excluding carboxylic acids is 1. The first-order valence-corrected chi connectivity index (χ1v) is 5.71. The fraction of sp³-hybridized carbons (Fsp3) is 0.154. The zero-order chi connectivity index (χ0) is 10.8. The molecule has 0 fully saturated rings. The summed E-state index contributed by atoms with van der Waals surface area (Å²) in [4.78, 5) is 12.4. The highest BCUT2D eigenvalue weighted by Crippen LogP contribution is 2.26. The summed E-state index contributed by atoms with van der Waals surface area (Å²) < 4.78 is 0. The zero-order valence-electron chi connectivity index (χ0n) is 8.78. The third kappa shape index (κ3) is 2.16. The van der Waals surface area contributed by atoms with E-state index in [0.29, 0.717) is 0 Å².